The van der Waals surface area contributed by atoms with Crippen molar-refractivity contribution in [1.82, 2.24) is 15.6 Å². The molecule has 0 amide bonds. The summed E-state index contributed by atoms with van der Waals surface area (Å²) in [5, 5.41) is 8.61. The van der Waals surface area contributed by atoms with E-state index in [0.29, 0.717) is 15.2 Å². The topological polar surface area (TPSA) is 48.9 Å². The lowest BCUT2D eigenvalue weighted by Gasteiger charge is -2.26. The Morgan fingerprint density at radius 3 is 2.91 bits per heavy atom. The highest BCUT2D eigenvalue weighted by molar-refractivity contribution is 7.80. The van der Waals surface area contributed by atoms with Crippen LogP contribution in [0.25, 0.3) is 0 Å². The Balaban J connectivity index is 1.68. The molecule has 1 aromatic rings. The molecule has 0 radical (unpaired) electrons. The Labute approximate surface area is 145 Å². The van der Waals surface area contributed by atoms with Crippen molar-refractivity contribution in [2.75, 3.05) is 39.4 Å². The van der Waals surface area contributed by atoms with E-state index >= 15 is 0 Å². The van der Waals surface area contributed by atoms with E-state index < -0.39 is 0 Å². The number of rotatable bonds is 5. The summed E-state index contributed by atoms with van der Waals surface area (Å²) < 4.78 is 5.30. The third-order valence-corrected chi connectivity index (χ3v) is 4.24. The minimum Gasteiger partial charge on any atom is -0.379 e. The van der Waals surface area contributed by atoms with Crippen LogP contribution in [-0.4, -0.2) is 55.6 Å². The number of hydrogen-bond donors (Lipinski definition) is 2. The van der Waals surface area contributed by atoms with Gasteiger partial charge < -0.3 is 10.1 Å². The number of morpholine rings is 1. The molecule has 0 unspecified atom stereocenters. The highest BCUT2D eigenvalue weighted by Gasteiger charge is 2.09. The summed E-state index contributed by atoms with van der Waals surface area (Å²) in [7, 11) is 0. The van der Waals surface area contributed by atoms with E-state index in [4.69, 9.17) is 40.2 Å². The Hall–Kier alpha value is -0.920. The molecule has 0 aliphatic carbocycles. The van der Waals surface area contributed by atoms with Crippen LogP contribution in [0.3, 0.4) is 0 Å². The lowest BCUT2D eigenvalue weighted by Crippen LogP contribution is -2.42. The maximum atomic E-state index is 6.06. The monoisotopic (exact) mass is 360 g/mol. The highest BCUT2D eigenvalue weighted by atomic mass is 35.5. The summed E-state index contributed by atoms with van der Waals surface area (Å²) in [5.74, 6) is 0. The van der Waals surface area contributed by atoms with Crippen molar-refractivity contribution in [3.05, 3.63) is 33.8 Å². The second kappa shape index (κ2) is 9.27. The number of thiocarbonyl (C=S) groups is 1. The summed E-state index contributed by atoms with van der Waals surface area (Å²) in [6, 6.07) is 5.37. The molecule has 1 aliphatic heterocycles. The van der Waals surface area contributed by atoms with E-state index in [2.05, 4.69) is 20.7 Å². The van der Waals surface area contributed by atoms with E-state index in [1.807, 2.05) is 12.1 Å². The standard InChI is InChI=1S/C14H18Cl2N4OS/c15-12-3-1-2-11(13(12)16)10-18-19-14(22)17-4-5-20-6-8-21-9-7-20/h1-3,10H,4-9H2,(H2,17,19,22)/b18-10-. The van der Waals surface area contributed by atoms with E-state index in [1.165, 1.54) is 0 Å². The smallest absolute Gasteiger partial charge is 0.187 e. The van der Waals surface area contributed by atoms with Crippen molar-refractivity contribution < 1.29 is 4.74 Å². The first-order chi connectivity index (χ1) is 10.7. The van der Waals surface area contributed by atoms with Gasteiger partial charge in [0.2, 0.25) is 0 Å². The van der Waals surface area contributed by atoms with Gasteiger partial charge in [0.05, 0.1) is 29.5 Å². The van der Waals surface area contributed by atoms with Gasteiger partial charge in [-0.05, 0) is 18.3 Å². The number of ether oxygens (including phenoxy) is 1. The third kappa shape index (κ3) is 5.70. The zero-order valence-electron chi connectivity index (χ0n) is 12.0. The normalized spacial score (nSPS) is 15.9. The molecule has 0 aromatic heterocycles. The SMILES string of the molecule is S=C(NCCN1CCOCC1)N/N=C\c1cccc(Cl)c1Cl. The molecule has 22 heavy (non-hydrogen) atoms. The van der Waals surface area contributed by atoms with Crippen LogP contribution in [0.2, 0.25) is 10.0 Å². The molecule has 1 aromatic carbocycles. The zero-order chi connectivity index (χ0) is 15.8. The predicted octanol–water partition coefficient (Wildman–Crippen LogP) is 2.12. The van der Waals surface area contributed by atoms with Crippen molar-refractivity contribution in [3.8, 4) is 0 Å². The lowest BCUT2D eigenvalue weighted by molar-refractivity contribution is 0.0389. The Bertz CT molecular complexity index is 536. The molecule has 120 valence electrons. The summed E-state index contributed by atoms with van der Waals surface area (Å²) >= 11 is 17.2. The van der Waals surface area contributed by atoms with Gasteiger partial charge >= 0.3 is 0 Å². The third-order valence-electron chi connectivity index (χ3n) is 3.17. The second-order valence-corrected chi connectivity index (χ2v) is 5.92. The van der Waals surface area contributed by atoms with Crippen LogP contribution in [0.4, 0.5) is 0 Å². The number of nitrogens with zero attached hydrogens (tertiary/aromatic N) is 2. The molecule has 0 saturated carbocycles. The van der Waals surface area contributed by atoms with Crippen molar-refractivity contribution in [2.24, 2.45) is 5.10 Å². The fourth-order valence-corrected chi connectivity index (χ4v) is 2.48. The van der Waals surface area contributed by atoms with Gasteiger partial charge in [-0.3, -0.25) is 10.3 Å². The van der Waals surface area contributed by atoms with Crippen LogP contribution in [-0.2, 0) is 4.74 Å². The highest BCUT2D eigenvalue weighted by Crippen LogP contribution is 2.23. The van der Waals surface area contributed by atoms with E-state index in [0.717, 1.165) is 45.0 Å². The van der Waals surface area contributed by atoms with Crippen LogP contribution < -0.4 is 10.7 Å². The number of nitrogens with one attached hydrogen (secondary N) is 2. The van der Waals surface area contributed by atoms with E-state index in [1.54, 1.807) is 12.3 Å². The average molecular weight is 361 g/mol. The molecule has 1 saturated heterocycles. The van der Waals surface area contributed by atoms with Crippen molar-refractivity contribution in [3.63, 3.8) is 0 Å². The van der Waals surface area contributed by atoms with E-state index in [9.17, 15) is 0 Å². The van der Waals surface area contributed by atoms with Crippen molar-refractivity contribution >= 4 is 46.7 Å². The zero-order valence-corrected chi connectivity index (χ0v) is 14.3. The molecular formula is C14H18Cl2N4OS. The summed E-state index contributed by atoms with van der Waals surface area (Å²) in [5.41, 5.74) is 3.49. The van der Waals surface area contributed by atoms with Crippen LogP contribution in [0.15, 0.2) is 23.3 Å². The van der Waals surface area contributed by atoms with Crippen LogP contribution >= 0.6 is 35.4 Å². The molecule has 2 N–H and O–H groups in total. The first-order valence-corrected chi connectivity index (χ1v) is 8.14. The maximum absolute atomic E-state index is 6.06. The number of hydrazone groups is 1. The Morgan fingerprint density at radius 1 is 1.36 bits per heavy atom. The number of benzene rings is 1. The molecule has 2 rings (SSSR count). The molecule has 5 nitrogen and oxygen atoms in total. The van der Waals surface area contributed by atoms with Crippen LogP contribution in [0.5, 0.6) is 0 Å². The molecule has 0 atom stereocenters. The van der Waals surface area contributed by atoms with Crippen molar-refractivity contribution in [2.45, 2.75) is 0 Å². The second-order valence-electron chi connectivity index (χ2n) is 4.72. The number of hydrogen-bond acceptors (Lipinski definition) is 4. The average Bonchev–Trinajstić information content (AvgIpc) is 2.52. The largest absolute Gasteiger partial charge is 0.379 e. The maximum Gasteiger partial charge on any atom is 0.187 e. The fraction of sp³-hybridized carbons (Fsp3) is 0.429. The minimum atomic E-state index is 0.473. The van der Waals surface area contributed by atoms with Crippen LogP contribution in [0, 0.1) is 0 Å². The van der Waals surface area contributed by atoms with Gasteiger partial charge in [0.1, 0.15) is 0 Å². The number of halogens is 2. The Morgan fingerprint density at radius 2 is 2.14 bits per heavy atom. The van der Waals surface area contributed by atoms with Gasteiger partial charge in [-0.25, -0.2) is 0 Å². The van der Waals surface area contributed by atoms with Gasteiger partial charge in [-0.15, -0.1) is 0 Å². The van der Waals surface area contributed by atoms with Crippen molar-refractivity contribution in [1.29, 1.82) is 0 Å². The minimum absolute atomic E-state index is 0.473. The summed E-state index contributed by atoms with van der Waals surface area (Å²) in [6.45, 7) is 5.22. The molecule has 1 aliphatic rings. The van der Waals surface area contributed by atoms with Gasteiger partial charge in [-0.1, -0.05) is 35.3 Å². The first kappa shape index (κ1) is 17.4. The van der Waals surface area contributed by atoms with Gasteiger partial charge in [0.25, 0.3) is 0 Å². The molecule has 1 fully saturated rings. The summed E-state index contributed by atoms with van der Waals surface area (Å²) in [6.07, 6.45) is 1.59. The molecule has 8 heteroatoms. The Kier molecular flexibility index (Phi) is 7.35. The van der Waals surface area contributed by atoms with Crippen LogP contribution in [0.1, 0.15) is 5.56 Å². The van der Waals surface area contributed by atoms with Gasteiger partial charge in [0, 0.05) is 31.7 Å². The molecule has 0 spiro atoms. The first-order valence-electron chi connectivity index (χ1n) is 6.98. The summed E-state index contributed by atoms with van der Waals surface area (Å²) in [4.78, 5) is 2.33. The fourth-order valence-electron chi connectivity index (χ4n) is 1.97. The van der Waals surface area contributed by atoms with Gasteiger partial charge in [-0.2, -0.15) is 5.10 Å². The van der Waals surface area contributed by atoms with Gasteiger partial charge in [0.15, 0.2) is 5.11 Å². The quantitative estimate of drug-likeness (QED) is 0.478. The van der Waals surface area contributed by atoms with E-state index in [-0.39, 0.29) is 0 Å². The molecule has 1 heterocycles. The lowest BCUT2D eigenvalue weighted by atomic mass is 10.2. The molecular weight excluding hydrogens is 343 g/mol. The predicted molar refractivity (Wildman–Crippen MR) is 95.1 cm³/mol. The molecule has 0 bridgehead atoms.